The third-order valence-corrected chi connectivity index (χ3v) is 3.50. The van der Waals surface area contributed by atoms with Crippen molar-refractivity contribution in [2.45, 2.75) is 13.8 Å². The van der Waals surface area contributed by atoms with Crippen LogP contribution >= 0.6 is 0 Å². The van der Waals surface area contributed by atoms with Crippen LogP contribution in [0.4, 0.5) is 0 Å². The Kier molecular flexibility index (Phi) is 6.97. The quantitative estimate of drug-likeness (QED) is 0.707. The molecule has 0 rings (SSSR count). The maximum atomic E-state index is 5.35. The zero-order valence-corrected chi connectivity index (χ0v) is 9.47. The van der Waals surface area contributed by atoms with Crippen molar-refractivity contribution in [1.29, 1.82) is 0 Å². The van der Waals surface area contributed by atoms with Crippen LogP contribution in [-0.4, -0.2) is 20.8 Å². The minimum atomic E-state index is -2.26. The molecule has 10 heavy (non-hydrogen) atoms. The molecular weight excluding hydrogens is 211 g/mol. The average molecular weight is 226 g/mol. The van der Waals surface area contributed by atoms with Crippen LogP contribution in [0.2, 0.25) is 0 Å². The first kappa shape index (κ1) is 10.8. The van der Waals surface area contributed by atoms with Gasteiger partial charge < -0.3 is 0 Å². The number of hydrogen-bond donors (Lipinski definition) is 0. The molecule has 0 N–H and O–H groups in total. The van der Waals surface area contributed by atoms with Gasteiger partial charge in [0.05, 0.1) is 0 Å². The van der Waals surface area contributed by atoms with E-state index in [9.17, 15) is 0 Å². The van der Waals surface area contributed by atoms with Crippen molar-refractivity contribution in [2.75, 3.05) is 20.8 Å². The van der Waals surface area contributed by atoms with Gasteiger partial charge in [0.25, 0.3) is 0 Å². The van der Waals surface area contributed by atoms with E-state index in [-0.39, 0.29) is 0 Å². The van der Waals surface area contributed by atoms with Crippen molar-refractivity contribution in [2.24, 2.45) is 5.92 Å². The van der Waals surface area contributed by atoms with E-state index in [2.05, 4.69) is 13.8 Å². The van der Waals surface area contributed by atoms with Crippen molar-refractivity contribution in [3.8, 4) is 0 Å². The first-order chi connectivity index (χ1) is 4.70. The molecule has 0 saturated carbocycles. The second kappa shape index (κ2) is 6.47. The second-order valence-electron chi connectivity index (χ2n) is 2.36. The molecular formula is C6H15O3Zr. The van der Waals surface area contributed by atoms with Gasteiger partial charge >= 0.3 is 72.1 Å². The summed E-state index contributed by atoms with van der Waals surface area (Å²) in [6, 6.07) is 0. The zero-order chi connectivity index (χ0) is 7.98. The van der Waals surface area contributed by atoms with Crippen LogP contribution in [-0.2, 0) is 31.5 Å². The third-order valence-electron chi connectivity index (χ3n) is 0.868. The van der Waals surface area contributed by atoms with Crippen LogP contribution in [0.15, 0.2) is 0 Å². The van der Waals surface area contributed by atoms with E-state index >= 15 is 0 Å². The summed E-state index contributed by atoms with van der Waals surface area (Å²) >= 11 is -2.26. The van der Waals surface area contributed by atoms with Crippen molar-refractivity contribution >= 4 is 0 Å². The molecule has 0 aliphatic heterocycles. The van der Waals surface area contributed by atoms with Crippen LogP contribution in [0.25, 0.3) is 0 Å². The van der Waals surface area contributed by atoms with Crippen LogP contribution in [0, 0.1) is 5.92 Å². The fraction of sp³-hybridized carbons (Fsp3) is 1.00. The minimum absolute atomic E-state index is 0.556. The average Bonchev–Trinajstić information content (AvgIpc) is 1.90. The molecule has 0 aromatic rings. The van der Waals surface area contributed by atoms with Gasteiger partial charge in [-0.05, 0) is 0 Å². The van der Waals surface area contributed by atoms with Crippen molar-refractivity contribution in [3.63, 3.8) is 0 Å². The molecule has 0 saturated heterocycles. The van der Waals surface area contributed by atoms with Gasteiger partial charge in [-0.1, -0.05) is 0 Å². The number of rotatable bonds is 5. The van der Waals surface area contributed by atoms with E-state index in [1.54, 1.807) is 14.2 Å². The Morgan fingerprint density at radius 2 is 1.70 bits per heavy atom. The summed E-state index contributed by atoms with van der Waals surface area (Å²) in [5.41, 5.74) is 0. The van der Waals surface area contributed by atoms with Crippen molar-refractivity contribution in [3.05, 3.63) is 0 Å². The van der Waals surface area contributed by atoms with E-state index in [1.165, 1.54) is 0 Å². The van der Waals surface area contributed by atoms with Crippen LogP contribution in [0.5, 0.6) is 0 Å². The van der Waals surface area contributed by atoms with Crippen LogP contribution in [0.1, 0.15) is 13.8 Å². The Hall–Kier alpha value is 0.763. The summed E-state index contributed by atoms with van der Waals surface area (Å²) in [5, 5.41) is 0. The molecule has 4 heteroatoms. The molecule has 0 amide bonds. The standard InChI is InChI=1S/C4H9O.2CH3O.Zr/c1-4(2)3-5;2*1-2;/h4H,3H2,1-2H3;2*1H3;/q3*-1;+3. The Balaban J connectivity index is 3.26. The molecule has 0 aliphatic carbocycles. The first-order valence-electron chi connectivity index (χ1n) is 3.28. The fourth-order valence-electron chi connectivity index (χ4n) is 0.436. The summed E-state index contributed by atoms with van der Waals surface area (Å²) in [5.74, 6) is 0.556. The topological polar surface area (TPSA) is 27.7 Å². The van der Waals surface area contributed by atoms with Crippen molar-refractivity contribution < 1.29 is 31.5 Å². The maximum absolute atomic E-state index is 5.35. The predicted molar refractivity (Wildman–Crippen MR) is 34.8 cm³/mol. The summed E-state index contributed by atoms with van der Waals surface area (Å²) in [7, 11) is 3.28. The first-order valence-corrected chi connectivity index (χ1v) is 6.29. The molecule has 0 heterocycles. The van der Waals surface area contributed by atoms with Gasteiger partial charge in [0.2, 0.25) is 0 Å². The summed E-state index contributed by atoms with van der Waals surface area (Å²) in [6.45, 7) is 4.95. The zero-order valence-electron chi connectivity index (χ0n) is 7.01. The Bertz CT molecular complexity index is 73.4. The third kappa shape index (κ3) is 5.54. The van der Waals surface area contributed by atoms with Crippen LogP contribution in [0.3, 0.4) is 0 Å². The molecule has 0 atom stereocenters. The van der Waals surface area contributed by atoms with Crippen molar-refractivity contribution in [1.82, 2.24) is 0 Å². The van der Waals surface area contributed by atoms with Gasteiger partial charge in [0.15, 0.2) is 0 Å². The SMILES string of the molecule is C[O][Zr]([O]C)[O]CC(C)C. The molecule has 0 bridgehead atoms. The predicted octanol–water partition coefficient (Wildman–Crippen LogP) is 1.31. The second-order valence-corrected chi connectivity index (χ2v) is 6.31. The van der Waals surface area contributed by atoms with Gasteiger partial charge in [-0.3, -0.25) is 0 Å². The normalized spacial score (nSPS) is 10.5. The van der Waals surface area contributed by atoms with Gasteiger partial charge in [-0.2, -0.15) is 0 Å². The van der Waals surface area contributed by atoms with E-state index < -0.39 is 23.1 Å². The molecule has 0 unspecified atom stereocenters. The van der Waals surface area contributed by atoms with Gasteiger partial charge in [-0.15, -0.1) is 0 Å². The number of hydrogen-bond acceptors (Lipinski definition) is 3. The monoisotopic (exact) mass is 225 g/mol. The van der Waals surface area contributed by atoms with E-state index in [0.29, 0.717) is 5.92 Å². The molecule has 0 aromatic carbocycles. The summed E-state index contributed by atoms with van der Waals surface area (Å²) in [6.07, 6.45) is 0. The summed E-state index contributed by atoms with van der Waals surface area (Å²) < 4.78 is 15.4. The van der Waals surface area contributed by atoms with Gasteiger partial charge in [0, 0.05) is 0 Å². The summed E-state index contributed by atoms with van der Waals surface area (Å²) in [4.78, 5) is 0. The van der Waals surface area contributed by atoms with Gasteiger partial charge in [0.1, 0.15) is 0 Å². The van der Waals surface area contributed by atoms with Crippen LogP contribution < -0.4 is 0 Å². The van der Waals surface area contributed by atoms with E-state index in [4.69, 9.17) is 8.44 Å². The Morgan fingerprint density at radius 3 is 2.00 bits per heavy atom. The molecule has 61 valence electrons. The van der Waals surface area contributed by atoms with E-state index in [1.807, 2.05) is 0 Å². The Morgan fingerprint density at radius 1 is 1.20 bits per heavy atom. The molecule has 0 aromatic heterocycles. The molecule has 0 aliphatic rings. The fourth-order valence-corrected chi connectivity index (χ4v) is 2.58. The van der Waals surface area contributed by atoms with E-state index in [0.717, 1.165) is 6.61 Å². The van der Waals surface area contributed by atoms with Gasteiger partial charge in [-0.25, -0.2) is 0 Å². The molecule has 0 spiro atoms. The molecule has 3 nitrogen and oxygen atoms in total. The Labute approximate surface area is 72.2 Å². The molecule has 0 fully saturated rings. The molecule has 0 radical (unpaired) electrons.